The van der Waals surface area contributed by atoms with Gasteiger partial charge in [0.2, 0.25) is 0 Å². The molecule has 0 radical (unpaired) electrons. The smallest absolute Gasteiger partial charge is 0.355 e. The van der Waals surface area contributed by atoms with Crippen molar-refractivity contribution in [3.05, 3.63) is 23.5 Å². The molecule has 0 aliphatic carbocycles. The molecule has 0 saturated carbocycles. The summed E-state index contributed by atoms with van der Waals surface area (Å²) in [5, 5.41) is 0. The van der Waals surface area contributed by atoms with E-state index in [1.54, 1.807) is 4.90 Å². The number of rotatable bonds is 5. The van der Waals surface area contributed by atoms with E-state index in [4.69, 9.17) is 9.47 Å². The number of carbonyl (C=O) groups is 4. The molecule has 0 unspecified atom stereocenters. The van der Waals surface area contributed by atoms with Crippen molar-refractivity contribution < 1.29 is 28.7 Å². The number of nitrogens with zero attached hydrogens (tertiary/aromatic N) is 1. The number of esters is 2. The van der Waals surface area contributed by atoms with Gasteiger partial charge in [0.05, 0.1) is 13.0 Å². The number of Topliss-reactive ketones (excluding diaryl/α,β-unsaturated/α-hetero) is 1. The van der Waals surface area contributed by atoms with Crippen molar-refractivity contribution in [2.75, 3.05) is 26.8 Å². The number of piperidine rings is 1. The molecule has 1 aromatic rings. The molecule has 2 rings (SSSR count). The molecule has 8 nitrogen and oxygen atoms in total. The zero-order valence-electron chi connectivity index (χ0n) is 13.7. The third-order valence-electron chi connectivity index (χ3n) is 4.02. The Morgan fingerprint density at radius 2 is 1.92 bits per heavy atom. The average molecular weight is 336 g/mol. The minimum atomic E-state index is -0.694. The van der Waals surface area contributed by atoms with E-state index in [9.17, 15) is 19.2 Å². The number of ether oxygens (including phenoxy) is 2. The molecule has 0 bridgehead atoms. The Morgan fingerprint density at radius 1 is 1.25 bits per heavy atom. The lowest BCUT2D eigenvalue weighted by atomic mass is 9.97. The molecule has 8 heteroatoms. The summed E-state index contributed by atoms with van der Waals surface area (Å²) in [4.78, 5) is 50.7. The van der Waals surface area contributed by atoms with Crippen molar-refractivity contribution in [1.82, 2.24) is 9.88 Å². The summed E-state index contributed by atoms with van der Waals surface area (Å²) in [6, 6.07) is 1.39. The Morgan fingerprint density at radius 3 is 2.46 bits per heavy atom. The lowest BCUT2D eigenvalue weighted by molar-refractivity contribution is -0.149. The number of hydrogen-bond acceptors (Lipinski definition) is 6. The maximum absolute atomic E-state index is 12.1. The van der Waals surface area contributed by atoms with Crippen molar-refractivity contribution >= 4 is 23.6 Å². The molecular weight excluding hydrogens is 316 g/mol. The van der Waals surface area contributed by atoms with E-state index in [0.717, 1.165) is 0 Å². The van der Waals surface area contributed by atoms with E-state index in [-0.39, 0.29) is 35.9 Å². The number of amides is 1. The number of H-pyrrole nitrogens is 1. The minimum absolute atomic E-state index is 0.123. The molecular formula is C16H20N2O6. The van der Waals surface area contributed by atoms with Gasteiger partial charge in [0.25, 0.3) is 5.91 Å². The van der Waals surface area contributed by atoms with Crippen LogP contribution >= 0.6 is 0 Å². The summed E-state index contributed by atoms with van der Waals surface area (Å²) in [5.74, 6) is -1.63. The monoisotopic (exact) mass is 336 g/mol. The lowest BCUT2D eigenvalue weighted by Crippen LogP contribution is -2.42. The van der Waals surface area contributed by atoms with Crippen LogP contribution in [-0.4, -0.2) is 60.3 Å². The van der Waals surface area contributed by atoms with Gasteiger partial charge in [-0.3, -0.25) is 14.4 Å². The molecule has 24 heavy (non-hydrogen) atoms. The van der Waals surface area contributed by atoms with Crippen LogP contribution in [-0.2, 0) is 19.1 Å². The highest BCUT2D eigenvalue weighted by molar-refractivity contribution is 5.97. The highest BCUT2D eigenvalue weighted by Crippen LogP contribution is 2.18. The zero-order valence-corrected chi connectivity index (χ0v) is 13.7. The Labute approximate surface area is 139 Å². The summed E-state index contributed by atoms with van der Waals surface area (Å²) in [6.45, 7) is 1.86. The number of hydrogen-bond donors (Lipinski definition) is 1. The predicted molar refractivity (Wildman–Crippen MR) is 82.4 cm³/mol. The summed E-state index contributed by atoms with van der Waals surface area (Å²) in [7, 11) is 1.34. The van der Waals surface area contributed by atoms with Gasteiger partial charge in [0, 0.05) is 24.8 Å². The van der Waals surface area contributed by atoms with Crippen LogP contribution in [0.2, 0.25) is 0 Å². The van der Waals surface area contributed by atoms with Gasteiger partial charge in [-0.05, 0) is 25.8 Å². The predicted octanol–water partition coefficient (Wildman–Crippen LogP) is 0.786. The molecule has 1 saturated heterocycles. The van der Waals surface area contributed by atoms with Gasteiger partial charge >= 0.3 is 11.9 Å². The first-order chi connectivity index (χ1) is 11.4. The first-order valence-corrected chi connectivity index (χ1v) is 7.64. The SMILES string of the molecule is COC(=O)C1CCN(C(=O)COC(=O)c2cc(C(C)=O)c[nH]2)CC1. The van der Waals surface area contributed by atoms with E-state index in [0.29, 0.717) is 31.5 Å². The first kappa shape index (κ1) is 17.7. The van der Waals surface area contributed by atoms with Crippen LogP contribution in [0, 0.1) is 5.92 Å². The van der Waals surface area contributed by atoms with Gasteiger partial charge in [-0.1, -0.05) is 0 Å². The van der Waals surface area contributed by atoms with Gasteiger partial charge in [-0.25, -0.2) is 4.79 Å². The van der Waals surface area contributed by atoms with Gasteiger partial charge in [-0.2, -0.15) is 0 Å². The molecule has 2 heterocycles. The van der Waals surface area contributed by atoms with E-state index in [1.807, 2.05) is 0 Å². The maximum Gasteiger partial charge on any atom is 0.355 e. The molecule has 1 aliphatic heterocycles. The standard InChI is InChI=1S/C16H20N2O6/c1-10(19)12-7-13(17-8-12)16(22)24-9-14(20)18-5-3-11(4-6-18)15(21)23-2/h7-8,11,17H,3-6,9H2,1-2H3. The Hall–Kier alpha value is -2.64. The molecule has 1 aromatic heterocycles. The Bertz CT molecular complexity index is 643. The highest BCUT2D eigenvalue weighted by atomic mass is 16.5. The normalized spacial score (nSPS) is 15.0. The van der Waals surface area contributed by atoms with Crippen molar-refractivity contribution in [3.8, 4) is 0 Å². The van der Waals surface area contributed by atoms with Gasteiger partial charge in [-0.15, -0.1) is 0 Å². The van der Waals surface area contributed by atoms with Crippen molar-refractivity contribution in [2.45, 2.75) is 19.8 Å². The molecule has 130 valence electrons. The second kappa shape index (κ2) is 7.76. The first-order valence-electron chi connectivity index (χ1n) is 7.64. The van der Waals surface area contributed by atoms with Crippen LogP contribution in [0.3, 0.4) is 0 Å². The van der Waals surface area contributed by atoms with Crippen LogP contribution in [0.4, 0.5) is 0 Å². The molecule has 1 N–H and O–H groups in total. The molecule has 1 aliphatic rings. The number of aromatic amines is 1. The number of carbonyl (C=O) groups excluding carboxylic acids is 4. The molecule has 1 amide bonds. The molecule has 1 fully saturated rings. The van der Waals surface area contributed by atoms with Gasteiger partial charge in [0.15, 0.2) is 12.4 Å². The van der Waals surface area contributed by atoms with Crippen LogP contribution < -0.4 is 0 Å². The second-order valence-corrected chi connectivity index (χ2v) is 5.61. The van der Waals surface area contributed by atoms with E-state index in [2.05, 4.69) is 4.98 Å². The fourth-order valence-corrected chi connectivity index (χ4v) is 2.54. The lowest BCUT2D eigenvalue weighted by Gasteiger charge is -2.30. The Kier molecular flexibility index (Phi) is 5.73. The topological polar surface area (TPSA) is 106 Å². The highest BCUT2D eigenvalue weighted by Gasteiger charge is 2.28. The summed E-state index contributed by atoms with van der Waals surface area (Å²) >= 11 is 0. The van der Waals surface area contributed by atoms with E-state index < -0.39 is 5.97 Å². The van der Waals surface area contributed by atoms with Crippen LogP contribution in [0.15, 0.2) is 12.3 Å². The summed E-state index contributed by atoms with van der Waals surface area (Å²) in [5.41, 5.74) is 0.496. The Balaban J connectivity index is 1.79. The third kappa shape index (κ3) is 4.21. The fraction of sp³-hybridized carbons (Fsp3) is 0.500. The van der Waals surface area contributed by atoms with Gasteiger partial charge in [0.1, 0.15) is 5.69 Å². The van der Waals surface area contributed by atoms with E-state index >= 15 is 0 Å². The summed E-state index contributed by atoms with van der Waals surface area (Å²) < 4.78 is 9.66. The number of ketones is 1. The minimum Gasteiger partial charge on any atom is -0.469 e. The van der Waals surface area contributed by atoms with Crippen molar-refractivity contribution in [3.63, 3.8) is 0 Å². The average Bonchev–Trinajstić information content (AvgIpc) is 3.09. The molecule has 0 spiro atoms. The number of nitrogens with one attached hydrogen (secondary N) is 1. The maximum atomic E-state index is 12.1. The molecule has 0 atom stereocenters. The second-order valence-electron chi connectivity index (χ2n) is 5.61. The zero-order chi connectivity index (χ0) is 17.7. The van der Waals surface area contributed by atoms with Crippen LogP contribution in [0.1, 0.15) is 40.6 Å². The largest absolute Gasteiger partial charge is 0.469 e. The molecule has 0 aromatic carbocycles. The van der Waals surface area contributed by atoms with Gasteiger partial charge < -0.3 is 19.4 Å². The fourth-order valence-electron chi connectivity index (χ4n) is 2.54. The van der Waals surface area contributed by atoms with Crippen LogP contribution in [0.25, 0.3) is 0 Å². The van der Waals surface area contributed by atoms with Crippen LogP contribution in [0.5, 0.6) is 0 Å². The van der Waals surface area contributed by atoms with Crippen molar-refractivity contribution in [1.29, 1.82) is 0 Å². The quantitative estimate of drug-likeness (QED) is 0.629. The van der Waals surface area contributed by atoms with E-state index in [1.165, 1.54) is 26.3 Å². The summed E-state index contributed by atoms with van der Waals surface area (Å²) in [6.07, 6.45) is 2.48. The number of likely N-dealkylation sites (tertiary alicyclic amines) is 1. The number of methoxy groups -OCH3 is 1. The van der Waals surface area contributed by atoms with Crippen molar-refractivity contribution in [2.24, 2.45) is 5.92 Å². The number of aromatic nitrogens is 1. The third-order valence-corrected chi connectivity index (χ3v) is 4.02.